The highest BCUT2D eigenvalue weighted by molar-refractivity contribution is 6.33. The summed E-state index contributed by atoms with van der Waals surface area (Å²) in [6, 6.07) is 0.758. The van der Waals surface area contributed by atoms with E-state index in [0.717, 1.165) is 12.8 Å². The maximum atomic E-state index is 12.3. The molecule has 0 bridgehead atoms. The van der Waals surface area contributed by atoms with Gasteiger partial charge in [0.2, 0.25) is 0 Å². The van der Waals surface area contributed by atoms with Crippen molar-refractivity contribution in [2.45, 2.75) is 25.3 Å². The first-order valence-electron chi connectivity index (χ1n) is 5.74. The van der Waals surface area contributed by atoms with Crippen molar-refractivity contribution < 1.29 is 14.7 Å². The molecule has 6 heteroatoms. The molecule has 1 saturated heterocycles. The number of amides is 1. The van der Waals surface area contributed by atoms with Crippen molar-refractivity contribution in [2.24, 2.45) is 0 Å². The molecule has 5 nitrogen and oxygen atoms in total. The Morgan fingerprint density at radius 1 is 1.44 bits per heavy atom. The molecule has 1 aliphatic rings. The van der Waals surface area contributed by atoms with Crippen molar-refractivity contribution in [1.29, 1.82) is 0 Å². The number of hydrogen-bond donors (Lipinski definition) is 1. The summed E-state index contributed by atoms with van der Waals surface area (Å²) in [6.45, 7) is 0.453. The molecule has 1 aliphatic heterocycles. The molecule has 96 valence electrons. The lowest BCUT2D eigenvalue weighted by Crippen LogP contribution is -2.48. The fraction of sp³-hybridized carbons (Fsp3) is 0.417. The third kappa shape index (κ3) is 2.46. The first-order chi connectivity index (χ1) is 8.61. The lowest BCUT2D eigenvalue weighted by atomic mass is 10.0. The molecule has 2 heterocycles. The van der Waals surface area contributed by atoms with Gasteiger partial charge in [0.05, 0.1) is 10.6 Å². The quantitative estimate of drug-likeness (QED) is 0.888. The number of likely N-dealkylation sites (tertiary alicyclic amines) is 1. The first kappa shape index (κ1) is 12.8. The van der Waals surface area contributed by atoms with Crippen molar-refractivity contribution >= 4 is 23.5 Å². The van der Waals surface area contributed by atoms with Crippen LogP contribution in [0.2, 0.25) is 5.02 Å². The lowest BCUT2D eigenvalue weighted by molar-refractivity contribution is -0.143. The summed E-state index contributed by atoms with van der Waals surface area (Å²) in [6.07, 6.45) is 4.99. The van der Waals surface area contributed by atoms with Gasteiger partial charge in [0.1, 0.15) is 6.04 Å². The summed E-state index contributed by atoms with van der Waals surface area (Å²) in [7, 11) is 0. The second kappa shape index (κ2) is 5.35. The van der Waals surface area contributed by atoms with Crippen LogP contribution in [0.3, 0.4) is 0 Å². The highest BCUT2D eigenvalue weighted by Gasteiger charge is 2.33. The maximum Gasteiger partial charge on any atom is 0.326 e. The summed E-state index contributed by atoms with van der Waals surface area (Å²) < 4.78 is 0. The summed E-state index contributed by atoms with van der Waals surface area (Å²) >= 11 is 5.91. The zero-order chi connectivity index (χ0) is 13.1. The van der Waals surface area contributed by atoms with Crippen LogP contribution in [0, 0.1) is 0 Å². The van der Waals surface area contributed by atoms with Crippen molar-refractivity contribution in [3.63, 3.8) is 0 Å². The minimum absolute atomic E-state index is 0.247. The molecule has 0 spiro atoms. The fourth-order valence-corrected chi connectivity index (χ4v) is 2.33. The number of piperidine rings is 1. The molecule has 1 atom stereocenters. The number of carbonyl (C=O) groups is 2. The van der Waals surface area contributed by atoms with E-state index in [2.05, 4.69) is 4.98 Å². The molecule has 18 heavy (non-hydrogen) atoms. The predicted molar refractivity (Wildman–Crippen MR) is 65.6 cm³/mol. The molecule has 0 unspecified atom stereocenters. The number of aliphatic carboxylic acids is 1. The number of pyridine rings is 1. The van der Waals surface area contributed by atoms with Gasteiger partial charge in [-0.3, -0.25) is 9.78 Å². The van der Waals surface area contributed by atoms with Crippen LogP contribution in [0.5, 0.6) is 0 Å². The first-order valence-corrected chi connectivity index (χ1v) is 6.12. The number of carbonyl (C=O) groups excluding carboxylic acids is 1. The molecule has 1 aromatic heterocycles. The molecule has 0 radical (unpaired) electrons. The van der Waals surface area contributed by atoms with Crippen molar-refractivity contribution in [3.8, 4) is 0 Å². The Hall–Kier alpha value is -1.62. The normalized spacial score (nSPS) is 19.6. The van der Waals surface area contributed by atoms with Gasteiger partial charge in [-0.15, -0.1) is 0 Å². The van der Waals surface area contributed by atoms with Crippen LogP contribution < -0.4 is 0 Å². The van der Waals surface area contributed by atoms with Gasteiger partial charge in [-0.1, -0.05) is 11.6 Å². The summed E-state index contributed by atoms with van der Waals surface area (Å²) in [5.74, 6) is -1.30. The number of rotatable bonds is 2. The van der Waals surface area contributed by atoms with Gasteiger partial charge in [0.15, 0.2) is 0 Å². The van der Waals surface area contributed by atoms with Crippen LogP contribution in [0.4, 0.5) is 0 Å². The number of hydrogen-bond acceptors (Lipinski definition) is 3. The van der Waals surface area contributed by atoms with E-state index < -0.39 is 12.0 Å². The van der Waals surface area contributed by atoms with E-state index in [0.29, 0.717) is 18.5 Å². The van der Waals surface area contributed by atoms with Crippen LogP contribution in [-0.2, 0) is 4.79 Å². The monoisotopic (exact) mass is 268 g/mol. The number of carboxylic acids is 1. The zero-order valence-corrected chi connectivity index (χ0v) is 10.4. The molecule has 0 aliphatic carbocycles. The molecule has 1 N–H and O–H groups in total. The zero-order valence-electron chi connectivity index (χ0n) is 9.67. The number of nitrogens with zero attached hydrogens (tertiary/aromatic N) is 2. The van der Waals surface area contributed by atoms with E-state index in [9.17, 15) is 9.59 Å². The average molecular weight is 269 g/mol. The van der Waals surface area contributed by atoms with Crippen molar-refractivity contribution in [3.05, 3.63) is 29.0 Å². The standard InChI is InChI=1S/C12H13ClN2O3/c13-9-7-14-5-4-8(9)11(16)15-6-2-1-3-10(15)12(17)18/h4-5,7,10H,1-3,6H2,(H,17,18)/t10-/m1/s1. The molecular weight excluding hydrogens is 256 g/mol. The van der Waals surface area contributed by atoms with Gasteiger partial charge in [0, 0.05) is 18.9 Å². The van der Waals surface area contributed by atoms with Crippen LogP contribution in [0.1, 0.15) is 29.6 Å². The van der Waals surface area contributed by atoms with Crippen LogP contribution >= 0.6 is 11.6 Å². The Bertz CT molecular complexity index is 478. The van der Waals surface area contributed by atoms with E-state index in [-0.39, 0.29) is 10.9 Å². The fourth-order valence-electron chi connectivity index (χ4n) is 2.13. The smallest absolute Gasteiger partial charge is 0.326 e. The van der Waals surface area contributed by atoms with E-state index in [1.54, 1.807) is 0 Å². The molecule has 1 amide bonds. The Labute approximate surface area is 109 Å². The molecule has 0 aromatic carbocycles. The van der Waals surface area contributed by atoms with Gasteiger partial charge < -0.3 is 10.0 Å². The van der Waals surface area contributed by atoms with Crippen LogP contribution in [0.25, 0.3) is 0 Å². The average Bonchev–Trinajstić information content (AvgIpc) is 2.38. The minimum atomic E-state index is -0.965. The van der Waals surface area contributed by atoms with Crippen LogP contribution in [-0.4, -0.2) is 39.5 Å². The van der Waals surface area contributed by atoms with Crippen molar-refractivity contribution in [2.75, 3.05) is 6.54 Å². The second-order valence-corrected chi connectivity index (χ2v) is 4.61. The largest absolute Gasteiger partial charge is 0.480 e. The minimum Gasteiger partial charge on any atom is -0.480 e. The highest BCUT2D eigenvalue weighted by Crippen LogP contribution is 2.22. The van der Waals surface area contributed by atoms with Gasteiger partial charge in [0.25, 0.3) is 5.91 Å². The van der Waals surface area contributed by atoms with Gasteiger partial charge in [-0.2, -0.15) is 0 Å². The van der Waals surface area contributed by atoms with E-state index >= 15 is 0 Å². The third-order valence-electron chi connectivity index (χ3n) is 3.05. The van der Waals surface area contributed by atoms with Gasteiger partial charge in [-0.25, -0.2) is 4.79 Å². The Balaban J connectivity index is 2.27. The predicted octanol–water partition coefficient (Wildman–Crippen LogP) is 1.81. The summed E-state index contributed by atoms with van der Waals surface area (Å²) in [5, 5.41) is 9.38. The lowest BCUT2D eigenvalue weighted by Gasteiger charge is -2.33. The molecular formula is C12H13ClN2O3. The highest BCUT2D eigenvalue weighted by atomic mass is 35.5. The van der Waals surface area contributed by atoms with E-state index in [1.165, 1.54) is 23.4 Å². The number of carboxylic acid groups (broad SMARTS) is 1. The van der Waals surface area contributed by atoms with E-state index in [4.69, 9.17) is 16.7 Å². The Morgan fingerprint density at radius 3 is 2.89 bits per heavy atom. The second-order valence-electron chi connectivity index (χ2n) is 4.20. The summed E-state index contributed by atoms with van der Waals surface area (Å²) in [5.41, 5.74) is 0.305. The number of aromatic nitrogens is 1. The van der Waals surface area contributed by atoms with Crippen LogP contribution in [0.15, 0.2) is 18.5 Å². The summed E-state index contributed by atoms with van der Waals surface area (Å²) in [4.78, 5) is 28.6. The van der Waals surface area contributed by atoms with Gasteiger partial charge >= 0.3 is 5.97 Å². The Kier molecular flexibility index (Phi) is 3.81. The SMILES string of the molecule is O=C(O)[C@H]1CCCCN1C(=O)c1ccncc1Cl. The van der Waals surface area contributed by atoms with Gasteiger partial charge in [-0.05, 0) is 25.3 Å². The third-order valence-corrected chi connectivity index (χ3v) is 3.35. The topological polar surface area (TPSA) is 70.5 Å². The van der Waals surface area contributed by atoms with Crippen molar-refractivity contribution in [1.82, 2.24) is 9.88 Å². The van der Waals surface area contributed by atoms with E-state index in [1.807, 2.05) is 0 Å². The number of halogens is 1. The maximum absolute atomic E-state index is 12.3. The molecule has 2 rings (SSSR count). The molecule has 1 aromatic rings. The Morgan fingerprint density at radius 2 is 2.22 bits per heavy atom. The molecule has 0 saturated carbocycles. The molecule has 1 fully saturated rings.